The quantitative estimate of drug-likeness (QED) is 0.508. The highest BCUT2D eigenvalue weighted by Gasteiger charge is 2.38. The first kappa shape index (κ1) is 26.3. The van der Waals surface area contributed by atoms with E-state index < -0.39 is 24.4 Å². The van der Waals surface area contributed by atoms with Crippen LogP contribution in [0.4, 0.5) is 8.78 Å². The number of ketones is 1. The first-order valence-electron chi connectivity index (χ1n) is 12.2. The molecule has 0 spiro atoms. The van der Waals surface area contributed by atoms with Gasteiger partial charge in [0.25, 0.3) is 0 Å². The van der Waals surface area contributed by atoms with Gasteiger partial charge in [-0.2, -0.15) is 8.78 Å². The van der Waals surface area contributed by atoms with E-state index in [-0.39, 0.29) is 42.8 Å². The van der Waals surface area contributed by atoms with Crippen molar-refractivity contribution >= 4 is 23.3 Å². The van der Waals surface area contributed by atoms with E-state index in [1.165, 1.54) is 0 Å². The number of benzene rings is 1. The molecule has 4 rings (SSSR count). The van der Waals surface area contributed by atoms with Gasteiger partial charge < -0.3 is 24.6 Å². The number of ether oxygens (including phenoxy) is 3. The standard InChI is InChI=1S/C25H32ClF2NO6/c1-25(27,28)35-18-10-17(11-18)33-13-24(32)29-16-5-2-14(3-6-16)8-21(31)23-12-20(30)19-9-15(26)4-7-22(19)34-23/h4,7,9,14,16-18,20,23,30H,2-3,5-6,8,10-13H2,1H3,(H,29,32)/t14?,16?,17?,18?,20-,23-/m1/s1. The van der Waals surface area contributed by atoms with Gasteiger partial charge in [0, 0.05) is 49.2 Å². The van der Waals surface area contributed by atoms with Crippen molar-refractivity contribution in [1.82, 2.24) is 5.32 Å². The maximum Gasteiger partial charge on any atom is 0.353 e. The molecule has 2 atom stereocenters. The predicted octanol–water partition coefficient (Wildman–Crippen LogP) is 4.34. The second kappa shape index (κ2) is 11.1. The third kappa shape index (κ3) is 7.35. The molecule has 35 heavy (non-hydrogen) atoms. The normalized spacial score (nSPS) is 30.5. The third-order valence-corrected chi connectivity index (χ3v) is 7.21. The molecule has 0 unspecified atom stereocenters. The molecule has 7 nitrogen and oxygen atoms in total. The molecule has 194 valence electrons. The summed E-state index contributed by atoms with van der Waals surface area (Å²) in [5.41, 5.74) is 0.606. The van der Waals surface area contributed by atoms with Crippen LogP contribution in [0.5, 0.6) is 5.75 Å². The summed E-state index contributed by atoms with van der Waals surface area (Å²) in [6.45, 7) is 0.607. The van der Waals surface area contributed by atoms with Crippen LogP contribution in [0.3, 0.4) is 0 Å². The van der Waals surface area contributed by atoms with Crippen LogP contribution in [0.2, 0.25) is 5.02 Å². The van der Waals surface area contributed by atoms with E-state index in [0.29, 0.717) is 42.5 Å². The first-order valence-corrected chi connectivity index (χ1v) is 12.6. The monoisotopic (exact) mass is 515 g/mol. The minimum absolute atomic E-state index is 0.0193. The number of aliphatic hydroxyl groups is 1. The lowest BCUT2D eigenvalue weighted by molar-refractivity contribution is -0.275. The van der Waals surface area contributed by atoms with Gasteiger partial charge >= 0.3 is 6.11 Å². The fourth-order valence-corrected chi connectivity index (χ4v) is 5.23. The number of aliphatic hydroxyl groups excluding tert-OH is 1. The number of alkyl halides is 2. The zero-order valence-corrected chi connectivity index (χ0v) is 20.4. The summed E-state index contributed by atoms with van der Waals surface area (Å²) >= 11 is 5.98. The number of carbonyl (C=O) groups excluding carboxylic acids is 2. The Kier molecular flexibility index (Phi) is 8.30. The van der Waals surface area contributed by atoms with Crippen molar-refractivity contribution in [1.29, 1.82) is 0 Å². The second-order valence-electron chi connectivity index (χ2n) is 9.95. The molecular formula is C25H32ClF2NO6. The van der Waals surface area contributed by atoms with Crippen LogP contribution in [0.1, 0.15) is 70.0 Å². The minimum Gasteiger partial charge on any atom is -0.482 e. The van der Waals surface area contributed by atoms with Crippen molar-refractivity contribution in [3.05, 3.63) is 28.8 Å². The molecule has 3 aliphatic rings. The Morgan fingerprint density at radius 3 is 2.57 bits per heavy atom. The summed E-state index contributed by atoms with van der Waals surface area (Å²) in [5, 5.41) is 13.9. The van der Waals surface area contributed by atoms with Crippen molar-refractivity contribution < 1.29 is 37.7 Å². The molecule has 1 aromatic rings. The van der Waals surface area contributed by atoms with Crippen LogP contribution in [-0.2, 0) is 19.1 Å². The molecule has 2 fully saturated rings. The predicted molar refractivity (Wildman–Crippen MR) is 123 cm³/mol. The van der Waals surface area contributed by atoms with Crippen molar-refractivity contribution in [2.45, 2.75) is 94.9 Å². The van der Waals surface area contributed by atoms with Crippen LogP contribution < -0.4 is 10.1 Å². The van der Waals surface area contributed by atoms with Crippen molar-refractivity contribution in [2.75, 3.05) is 6.61 Å². The van der Waals surface area contributed by atoms with E-state index >= 15 is 0 Å². The van der Waals surface area contributed by atoms with Gasteiger partial charge in [0.15, 0.2) is 11.9 Å². The van der Waals surface area contributed by atoms with E-state index in [9.17, 15) is 23.5 Å². The van der Waals surface area contributed by atoms with Gasteiger partial charge in [0.2, 0.25) is 5.91 Å². The van der Waals surface area contributed by atoms with Gasteiger partial charge in [-0.25, -0.2) is 0 Å². The highest BCUT2D eigenvalue weighted by molar-refractivity contribution is 6.30. The molecule has 2 aliphatic carbocycles. The summed E-state index contributed by atoms with van der Waals surface area (Å²) in [4.78, 5) is 25.0. The summed E-state index contributed by atoms with van der Waals surface area (Å²) in [6, 6.07) is 5.04. The average Bonchev–Trinajstić information content (AvgIpc) is 2.76. The van der Waals surface area contributed by atoms with Crippen molar-refractivity contribution in [3.8, 4) is 5.75 Å². The van der Waals surface area contributed by atoms with Crippen LogP contribution in [0.25, 0.3) is 0 Å². The molecule has 0 saturated heterocycles. The molecule has 2 N–H and O–H groups in total. The van der Waals surface area contributed by atoms with Gasteiger partial charge in [-0.15, -0.1) is 0 Å². The maximum absolute atomic E-state index is 12.8. The number of Topliss-reactive ketones (excluding diaryl/α,β-unsaturated/α-hetero) is 1. The smallest absolute Gasteiger partial charge is 0.353 e. The van der Waals surface area contributed by atoms with E-state index in [2.05, 4.69) is 10.1 Å². The van der Waals surface area contributed by atoms with Crippen molar-refractivity contribution in [2.24, 2.45) is 5.92 Å². The Hall–Kier alpha value is -1.81. The van der Waals surface area contributed by atoms with Crippen LogP contribution in [0.15, 0.2) is 18.2 Å². The lowest BCUT2D eigenvalue weighted by atomic mass is 9.82. The summed E-state index contributed by atoms with van der Waals surface area (Å²) in [6.07, 6.45) is -0.908. The van der Waals surface area contributed by atoms with E-state index in [4.69, 9.17) is 21.1 Å². The Morgan fingerprint density at radius 2 is 1.89 bits per heavy atom. The van der Waals surface area contributed by atoms with Gasteiger partial charge in [-0.1, -0.05) is 11.6 Å². The Balaban J connectivity index is 1.12. The topological polar surface area (TPSA) is 94.1 Å². The first-order chi connectivity index (χ1) is 16.6. The molecule has 10 heteroatoms. The zero-order valence-electron chi connectivity index (χ0n) is 19.7. The second-order valence-corrected chi connectivity index (χ2v) is 10.4. The number of hydrogen-bond donors (Lipinski definition) is 2. The van der Waals surface area contributed by atoms with Crippen LogP contribution >= 0.6 is 11.6 Å². The molecule has 0 radical (unpaired) electrons. The highest BCUT2D eigenvalue weighted by atomic mass is 35.5. The fourth-order valence-electron chi connectivity index (χ4n) is 5.05. The molecule has 0 bridgehead atoms. The minimum atomic E-state index is -3.15. The molecule has 1 amide bonds. The fraction of sp³-hybridized carbons (Fsp3) is 0.680. The SMILES string of the molecule is CC(F)(F)OC1CC(OCC(=O)NC2CCC(CC(=O)[C@H]3C[C@@H](O)c4cc(Cl)ccc4O3)CC2)C1. The van der Waals surface area contributed by atoms with Crippen LogP contribution in [-0.4, -0.2) is 53.9 Å². The molecule has 0 aromatic heterocycles. The molecular weight excluding hydrogens is 484 g/mol. The number of halogens is 3. The summed E-state index contributed by atoms with van der Waals surface area (Å²) < 4.78 is 41.5. The molecule has 2 saturated carbocycles. The largest absolute Gasteiger partial charge is 0.482 e. The Morgan fingerprint density at radius 1 is 1.17 bits per heavy atom. The third-order valence-electron chi connectivity index (χ3n) is 6.97. The summed E-state index contributed by atoms with van der Waals surface area (Å²) in [5.74, 6) is 0.462. The number of nitrogens with one attached hydrogen (secondary N) is 1. The van der Waals surface area contributed by atoms with E-state index in [1.54, 1.807) is 18.2 Å². The number of fused-ring (bicyclic) bond motifs is 1. The van der Waals surface area contributed by atoms with Crippen molar-refractivity contribution in [3.63, 3.8) is 0 Å². The van der Waals surface area contributed by atoms with Gasteiger partial charge in [-0.3, -0.25) is 9.59 Å². The van der Waals surface area contributed by atoms with Gasteiger partial charge in [0.1, 0.15) is 12.4 Å². The Bertz CT molecular complexity index is 912. The zero-order chi connectivity index (χ0) is 25.2. The lowest BCUT2D eigenvalue weighted by Crippen LogP contribution is -2.44. The van der Waals surface area contributed by atoms with E-state index in [0.717, 1.165) is 25.7 Å². The molecule has 1 aliphatic heterocycles. The van der Waals surface area contributed by atoms with Gasteiger partial charge in [0.05, 0.1) is 18.3 Å². The lowest BCUT2D eigenvalue weighted by Gasteiger charge is -2.36. The average molecular weight is 516 g/mol. The Labute approximate surface area is 208 Å². The molecule has 1 aromatic carbocycles. The maximum atomic E-state index is 12.8. The number of amides is 1. The summed E-state index contributed by atoms with van der Waals surface area (Å²) in [7, 11) is 0. The van der Waals surface area contributed by atoms with E-state index in [1.807, 2.05) is 0 Å². The highest BCUT2D eigenvalue weighted by Crippen LogP contribution is 2.38. The number of hydrogen-bond acceptors (Lipinski definition) is 6. The van der Waals surface area contributed by atoms with Gasteiger partial charge in [-0.05, 0) is 49.8 Å². The molecule has 1 heterocycles. The number of rotatable bonds is 9. The number of carbonyl (C=O) groups is 2. The van der Waals surface area contributed by atoms with Crippen LogP contribution in [0, 0.1) is 5.92 Å².